The van der Waals surface area contributed by atoms with Crippen molar-refractivity contribution in [2.45, 2.75) is 73.4 Å². The summed E-state index contributed by atoms with van der Waals surface area (Å²) < 4.78 is 11.8. The fraction of sp³-hybridized carbons (Fsp3) is 0.652. The van der Waals surface area contributed by atoms with Gasteiger partial charge in [0.05, 0.1) is 12.1 Å². The lowest BCUT2D eigenvalue weighted by atomic mass is 9.90. The van der Waals surface area contributed by atoms with Crippen molar-refractivity contribution in [3.05, 3.63) is 33.9 Å². The third-order valence-corrected chi connectivity index (χ3v) is 5.95. The molecular formula is C23H34N2O2. The van der Waals surface area contributed by atoms with Crippen molar-refractivity contribution >= 4 is 11.8 Å². The Hall–Kier alpha value is -1.84. The molecule has 2 heterocycles. The lowest BCUT2D eigenvalue weighted by Crippen LogP contribution is -2.13. The van der Waals surface area contributed by atoms with Gasteiger partial charge in [0, 0.05) is 12.8 Å². The quantitative estimate of drug-likeness (QED) is 0.734. The second-order valence-electron chi connectivity index (χ2n) is 8.74. The highest BCUT2D eigenvalue weighted by Crippen LogP contribution is 2.27. The molecule has 0 saturated heterocycles. The smallest absolute Gasteiger partial charge is 0.188 e. The first-order chi connectivity index (χ1) is 12.8. The molecule has 148 valence electrons. The summed E-state index contributed by atoms with van der Waals surface area (Å²) in [6.07, 6.45) is 1.55. The van der Waals surface area contributed by atoms with Gasteiger partial charge in [0.15, 0.2) is 11.8 Å². The van der Waals surface area contributed by atoms with Crippen LogP contribution < -0.4 is 0 Å². The number of benzene rings is 1. The lowest BCUT2D eigenvalue weighted by molar-refractivity contribution is 0.287. The molecule has 0 unspecified atom stereocenters. The Kier molecular flexibility index (Phi) is 5.92. The Morgan fingerprint density at radius 1 is 0.815 bits per heavy atom. The average molecular weight is 371 g/mol. The second kappa shape index (κ2) is 8.04. The van der Waals surface area contributed by atoms with Crippen LogP contribution in [-0.2, 0) is 22.3 Å². The number of aliphatic imine (C=N–C) groups is 2. The van der Waals surface area contributed by atoms with Crippen molar-refractivity contribution < 1.29 is 9.47 Å². The second-order valence-corrected chi connectivity index (χ2v) is 8.74. The average Bonchev–Trinajstić information content (AvgIpc) is 3.25. The van der Waals surface area contributed by atoms with Crippen molar-refractivity contribution in [3.8, 4) is 0 Å². The maximum absolute atomic E-state index is 5.89. The molecule has 27 heavy (non-hydrogen) atoms. The Bertz CT molecular complexity index is 702. The maximum Gasteiger partial charge on any atom is 0.188 e. The van der Waals surface area contributed by atoms with Gasteiger partial charge in [-0.3, -0.25) is 0 Å². The molecule has 2 aliphatic rings. The number of rotatable bonds is 6. The van der Waals surface area contributed by atoms with E-state index >= 15 is 0 Å². The molecule has 0 amide bonds. The van der Waals surface area contributed by atoms with Gasteiger partial charge in [0.2, 0.25) is 0 Å². The molecule has 2 atom stereocenters. The van der Waals surface area contributed by atoms with Crippen molar-refractivity contribution in [2.24, 2.45) is 21.8 Å². The topological polar surface area (TPSA) is 43.2 Å². The van der Waals surface area contributed by atoms with Gasteiger partial charge in [-0.1, -0.05) is 33.8 Å². The summed E-state index contributed by atoms with van der Waals surface area (Å²) in [5, 5.41) is 0. The summed E-state index contributed by atoms with van der Waals surface area (Å²) in [6, 6.07) is 2.86. The Balaban J connectivity index is 1.84. The molecule has 1 aromatic carbocycles. The zero-order valence-electron chi connectivity index (χ0n) is 17.9. The van der Waals surface area contributed by atoms with E-state index in [2.05, 4.69) is 54.5 Å². The van der Waals surface area contributed by atoms with E-state index in [4.69, 9.17) is 19.5 Å². The van der Waals surface area contributed by atoms with Gasteiger partial charge in [-0.2, -0.15) is 0 Å². The Morgan fingerprint density at radius 3 is 1.56 bits per heavy atom. The predicted molar refractivity (Wildman–Crippen MR) is 112 cm³/mol. The monoisotopic (exact) mass is 370 g/mol. The summed E-state index contributed by atoms with van der Waals surface area (Å²) in [4.78, 5) is 9.59. The van der Waals surface area contributed by atoms with Crippen LogP contribution in [0.1, 0.15) is 55.5 Å². The highest BCUT2D eigenvalue weighted by molar-refractivity contribution is 5.83. The highest BCUT2D eigenvalue weighted by Gasteiger charge is 2.25. The van der Waals surface area contributed by atoms with Crippen LogP contribution in [-0.4, -0.2) is 37.1 Å². The van der Waals surface area contributed by atoms with Crippen LogP contribution in [0.25, 0.3) is 0 Å². The molecule has 2 aliphatic heterocycles. The molecule has 0 radical (unpaired) electrons. The molecule has 0 aliphatic carbocycles. The minimum absolute atomic E-state index is 0.291. The zero-order chi connectivity index (χ0) is 19.7. The standard InChI is InChI=1S/C23H34N2O2/c1-13(2)20-11-26-22(24-20)9-18-15(5)8-16(6)19(17(18)7)10-23-25-21(12-27-23)14(3)4/h8,13-14,20-21H,9-12H2,1-7H3/t20-,21-/m0/s1. The van der Waals surface area contributed by atoms with Gasteiger partial charge < -0.3 is 9.47 Å². The van der Waals surface area contributed by atoms with E-state index in [9.17, 15) is 0 Å². The number of hydrogen-bond acceptors (Lipinski definition) is 4. The van der Waals surface area contributed by atoms with Crippen LogP contribution in [0.3, 0.4) is 0 Å². The predicted octanol–water partition coefficient (Wildman–Crippen LogP) is 4.60. The minimum atomic E-state index is 0.291. The molecule has 0 fully saturated rings. The zero-order valence-corrected chi connectivity index (χ0v) is 17.9. The molecule has 4 heteroatoms. The first-order valence-electron chi connectivity index (χ1n) is 10.2. The van der Waals surface area contributed by atoms with E-state index in [0.29, 0.717) is 37.1 Å². The summed E-state index contributed by atoms with van der Waals surface area (Å²) in [5.41, 5.74) is 6.60. The molecule has 1 aromatic rings. The third kappa shape index (κ3) is 4.36. The summed E-state index contributed by atoms with van der Waals surface area (Å²) in [7, 11) is 0. The van der Waals surface area contributed by atoms with E-state index < -0.39 is 0 Å². The van der Waals surface area contributed by atoms with Gasteiger partial charge in [-0.15, -0.1) is 0 Å². The van der Waals surface area contributed by atoms with E-state index in [-0.39, 0.29) is 0 Å². The Morgan fingerprint density at radius 2 is 1.22 bits per heavy atom. The fourth-order valence-corrected chi connectivity index (χ4v) is 3.88. The van der Waals surface area contributed by atoms with Gasteiger partial charge in [0.1, 0.15) is 13.2 Å². The van der Waals surface area contributed by atoms with Crippen LogP contribution in [0.2, 0.25) is 0 Å². The van der Waals surface area contributed by atoms with Crippen LogP contribution in [0.5, 0.6) is 0 Å². The normalized spacial score (nSPS) is 22.1. The van der Waals surface area contributed by atoms with Crippen LogP contribution in [0.15, 0.2) is 16.1 Å². The van der Waals surface area contributed by atoms with Crippen molar-refractivity contribution in [2.75, 3.05) is 13.2 Å². The van der Waals surface area contributed by atoms with E-state index in [1.807, 2.05) is 0 Å². The minimum Gasteiger partial charge on any atom is -0.478 e. The molecular weight excluding hydrogens is 336 g/mol. The van der Waals surface area contributed by atoms with E-state index in [1.165, 1.54) is 27.8 Å². The molecule has 0 spiro atoms. The number of aryl methyl sites for hydroxylation is 2. The third-order valence-electron chi connectivity index (χ3n) is 5.95. The van der Waals surface area contributed by atoms with Crippen molar-refractivity contribution in [3.63, 3.8) is 0 Å². The largest absolute Gasteiger partial charge is 0.478 e. The van der Waals surface area contributed by atoms with Crippen LogP contribution >= 0.6 is 0 Å². The molecule has 0 bridgehead atoms. The first-order valence-corrected chi connectivity index (χ1v) is 10.2. The van der Waals surface area contributed by atoms with Gasteiger partial charge in [-0.25, -0.2) is 9.98 Å². The van der Waals surface area contributed by atoms with Gasteiger partial charge in [0.25, 0.3) is 0 Å². The highest BCUT2D eigenvalue weighted by atomic mass is 16.5. The molecule has 4 nitrogen and oxygen atoms in total. The molecule has 0 saturated carbocycles. The number of hydrogen-bond donors (Lipinski definition) is 0. The lowest BCUT2D eigenvalue weighted by Gasteiger charge is -2.17. The van der Waals surface area contributed by atoms with Gasteiger partial charge in [-0.05, 0) is 60.4 Å². The maximum atomic E-state index is 5.89. The van der Waals surface area contributed by atoms with E-state index in [0.717, 1.165) is 24.6 Å². The van der Waals surface area contributed by atoms with Crippen LogP contribution in [0, 0.1) is 32.6 Å². The molecule has 3 rings (SSSR count). The van der Waals surface area contributed by atoms with Crippen molar-refractivity contribution in [1.29, 1.82) is 0 Å². The van der Waals surface area contributed by atoms with Crippen molar-refractivity contribution in [1.82, 2.24) is 0 Å². The van der Waals surface area contributed by atoms with Crippen LogP contribution in [0.4, 0.5) is 0 Å². The molecule has 0 aromatic heterocycles. The Labute approximate surface area is 164 Å². The fourth-order valence-electron chi connectivity index (χ4n) is 3.88. The first kappa shape index (κ1) is 19.9. The molecule has 0 N–H and O–H groups in total. The van der Waals surface area contributed by atoms with Gasteiger partial charge >= 0.3 is 0 Å². The number of ether oxygens (including phenoxy) is 2. The number of nitrogens with zero attached hydrogens (tertiary/aromatic N) is 2. The summed E-state index contributed by atoms with van der Waals surface area (Å²) >= 11 is 0. The van der Waals surface area contributed by atoms with E-state index in [1.54, 1.807) is 0 Å². The summed E-state index contributed by atoms with van der Waals surface area (Å²) in [5.74, 6) is 2.79. The summed E-state index contributed by atoms with van der Waals surface area (Å²) in [6.45, 7) is 16.8. The SMILES string of the molecule is Cc1cc(C)c(CC2=N[C@H](C(C)C)CO2)c(C)c1CC1=N[C@H](C(C)C)CO1.